The molecule has 1 aromatic heterocycles. The second-order valence-corrected chi connectivity index (χ2v) is 9.04. The predicted molar refractivity (Wildman–Crippen MR) is 126 cm³/mol. The number of nitrogens with zero attached hydrogens (tertiary/aromatic N) is 5. The molecule has 0 aliphatic carbocycles. The summed E-state index contributed by atoms with van der Waals surface area (Å²) in [5.74, 6) is 1.03. The SMILES string of the molecule is CC(=O)N1CCN(C(=O)CSc2nnc(-c3ccc(Cl)cc3)n2-c2cccc(C)c2)CC1. The summed E-state index contributed by atoms with van der Waals surface area (Å²) >= 11 is 7.42. The molecule has 0 saturated carbocycles. The molecule has 9 heteroatoms. The number of piperazine rings is 1. The van der Waals surface area contributed by atoms with Crippen molar-refractivity contribution in [2.45, 2.75) is 19.0 Å². The van der Waals surface area contributed by atoms with E-state index in [-0.39, 0.29) is 17.6 Å². The van der Waals surface area contributed by atoms with Gasteiger partial charge in [-0.1, -0.05) is 35.5 Å². The fourth-order valence-electron chi connectivity index (χ4n) is 3.64. The van der Waals surface area contributed by atoms with Crippen LogP contribution in [-0.4, -0.2) is 68.3 Å². The van der Waals surface area contributed by atoms with E-state index < -0.39 is 0 Å². The molecule has 1 saturated heterocycles. The number of aromatic nitrogens is 3. The summed E-state index contributed by atoms with van der Waals surface area (Å²) in [6.45, 7) is 5.85. The zero-order chi connectivity index (χ0) is 22.7. The van der Waals surface area contributed by atoms with E-state index in [4.69, 9.17) is 11.6 Å². The Balaban J connectivity index is 1.55. The van der Waals surface area contributed by atoms with E-state index in [9.17, 15) is 9.59 Å². The van der Waals surface area contributed by atoms with Gasteiger partial charge in [-0.05, 0) is 48.9 Å². The lowest BCUT2D eigenvalue weighted by Crippen LogP contribution is -2.50. The first-order valence-electron chi connectivity index (χ1n) is 10.4. The van der Waals surface area contributed by atoms with Crippen LogP contribution in [0.2, 0.25) is 5.02 Å². The molecule has 32 heavy (non-hydrogen) atoms. The van der Waals surface area contributed by atoms with Gasteiger partial charge in [-0.2, -0.15) is 0 Å². The van der Waals surface area contributed by atoms with Crippen LogP contribution in [0, 0.1) is 6.92 Å². The van der Waals surface area contributed by atoms with Gasteiger partial charge >= 0.3 is 0 Å². The summed E-state index contributed by atoms with van der Waals surface area (Å²) < 4.78 is 1.97. The Kier molecular flexibility index (Phi) is 6.81. The Labute approximate surface area is 196 Å². The molecular weight excluding hydrogens is 446 g/mol. The van der Waals surface area contributed by atoms with Crippen LogP contribution in [0.1, 0.15) is 12.5 Å². The van der Waals surface area contributed by atoms with Crippen LogP contribution < -0.4 is 0 Å². The summed E-state index contributed by atoms with van der Waals surface area (Å²) in [6.07, 6.45) is 0. The number of carbonyl (C=O) groups excluding carboxylic acids is 2. The number of amides is 2. The second-order valence-electron chi connectivity index (χ2n) is 7.66. The summed E-state index contributed by atoms with van der Waals surface area (Å²) in [7, 11) is 0. The van der Waals surface area contributed by atoms with Crippen LogP contribution in [0.25, 0.3) is 17.1 Å². The van der Waals surface area contributed by atoms with Crippen LogP contribution in [0.3, 0.4) is 0 Å². The van der Waals surface area contributed by atoms with Gasteiger partial charge < -0.3 is 9.80 Å². The van der Waals surface area contributed by atoms with Gasteiger partial charge in [0.2, 0.25) is 11.8 Å². The van der Waals surface area contributed by atoms with Crippen molar-refractivity contribution in [2.75, 3.05) is 31.9 Å². The highest BCUT2D eigenvalue weighted by atomic mass is 35.5. The molecule has 7 nitrogen and oxygen atoms in total. The number of carbonyl (C=O) groups is 2. The number of hydrogen-bond donors (Lipinski definition) is 0. The number of benzene rings is 2. The summed E-state index contributed by atoms with van der Waals surface area (Å²) in [6, 6.07) is 15.6. The first-order chi connectivity index (χ1) is 15.4. The minimum Gasteiger partial charge on any atom is -0.339 e. The average Bonchev–Trinajstić information content (AvgIpc) is 3.22. The summed E-state index contributed by atoms with van der Waals surface area (Å²) in [5, 5.41) is 10.1. The van der Waals surface area contributed by atoms with Gasteiger partial charge in [0.25, 0.3) is 0 Å². The van der Waals surface area contributed by atoms with Crippen molar-refractivity contribution in [1.82, 2.24) is 24.6 Å². The Bertz CT molecular complexity index is 1120. The van der Waals surface area contributed by atoms with Gasteiger partial charge in [0.1, 0.15) is 0 Å². The minimum atomic E-state index is 0.0324. The number of aryl methyl sites for hydroxylation is 1. The number of hydrogen-bond acceptors (Lipinski definition) is 5. The van der Waals surface area contributed by atoms with Crippen molar-refractivity contribution in [2.24, 2.45) is 0 Å². The van der Waals surface area contributed by atoms with Crippen molar-refractivity contribution in [3.8, 4) is 17.1 Å². The van der Waals surface area contributed by atoms with Crippen molar-refractivity contribution in [3.63, 3.8) is 0 Å². The smallest absolute Gasteiger partial charge is 0.233 e. The van der Waals surface area contributed by atoms with Crippen LogP contribution in [0.4, 0.5) is 0 Å². The highest BCUT2D eigenvalue weighted by Gasteiger charge is 2.24. The Morgan fingerprint density at radius 1 is 1.00 bits per heavy atom. The molecular formula is C23H24ClN5O2S. The molecule has 0 spiro atoms. The number of halogens is 1. The Morgan fingerprint density at radius 3 is 2.34 bits per heavy atom. The first-order valence-corrected chi connectivity index (χ1v) is 11.7. The van der Waals surface area contributed by atoms with Gasteiger partial charge in [0.15, 0.2) is 11.0 Å². The zero-order valence-corrected chi connectivity index (χ0v) is 19.6. The molecule has 1 aliphatic rings. The topological polar surface area (TPSA) is 71.3 Å². The molecule has 2 aromatic carbocycles. The maximum absolute atomic E-state index is 12.8. The monoisotopic (exact) mass is 469 g/mol. The van der Waals surface area contributed by atoms with Gasteiger partial charge in [0, 0.05) is 49.4 Å². The first kappa shape index (κ1) is 22.4. The molecule has 2 heterocycles. The highest BCUT2D eigenvalue weighted by molar-refractivity contribution is 7.99. The number of rotatable bonds is 5. The third-order valence-corrected chi connectivity index (χ3v) is 6.56. The Morgan fingerprint density at radius 2 is 1.69 bits per heavy atom. The molecule has 0 atom stereocenters. The summed E-state index contributed by atoms with van der Waals surface area (Å²) in [4.78, 5) is 27.9. The van der Waals surface area contributed by atoms with Crippen LogP contribution in [0.15, 0.2) is 53.7 Å². The molecule has 3 aromatic rings. The largest absolute Gasteiger partial charge is 0.339 e. The lowest BCUT2D eigenvalue weighted by Gasteiger charge is -2.34. The standard InChI is InChI=1S/C23H24ClN5O2S/c1-16-4-3-5-20(14-16)29-22(18-6-8-19(24)9-7-18)25-26-23(29)32-15-21(31)28-12-10-27(11-13-28)17(2)30/h3-9,14H,10-13,15H2,1-2H3. The van der Waals surface area contributed by atoms with Crippen molar-refractivity contribution < 1.29 is 9.59 Å². The lowest BCUT2D eigenvalue weighted by molar-refractivity contribution is -0.136. The maximum Gasteiger partial charge on any atom is 0.233 e. The van der Waals surface area contributed by atoms with E-state index in [1.807, 2.05) is 54.0 Å². The van der Waals surface area contributed by atoms with Crippen LogP contribution >= 0.6 is 23.4 Å². The van der Waals surface area contributed by atoms with Gasteiger partial charge in [0.05, 0.1) is 5.75 Å². The van der Waals surface area contributed by atoms with E-state index in [0.29, 0.717) is 42.2 Å². The maximum atomic E-state index is 12.8. The van der Waals surface area contributed by atoms with Crippen LogP contribution in [-0.2, 0) is 9.59 Å². The molecule has 0 bridgehead atoms. The van der Waals surface area contributed by atoms with E-state index in [1.165, 1.54) is 11.8 Å². The average molecular weight is 470 g/mol. The molecule has 0 N–H and O–H groups in total. The summed E-state index contributed by atoms with van der Waals surface area (Å²) in [5.41, 5.74) is 2.94. The normalized spacial score (nSPS) is 14.0. The fraction of sp³-hybridized carbons (Fsp3) is 0.304. The van der Waals surface area contributed by atoms with Crippen molar-refractivity contribution in [3.05, 3.63) is 59.1 Å². The lowest BCUT2D eigenvalue weighted by atomic mass is 10.2. The quantitative estimate of drug-likeness (QED) is 0.533. The van der Waals surface area contributed by atoms with Crippen molar-refractivity contribution in [1.29, 1.82) is 0 Å². The fourth-order valence-corrected chi connectivity index (χ4v) is 4.62. The molecule has 1 aliphatic heterocycles. The molecule has 4 rings (SSSR count). The number of thioether (sulfide) groups is 1. The van der Waals surface area contributed by atoms with E-state index >= 15 is 0 Å². The Hall–Kier alpha value is -2.84. The second kappa shape index (κ2) is 9.75. The predicted octanol–water partition coefficient (Wildman–Crippen LogP) is 3.68. The van der Waals surface area contributed by atoms with E-state index in [0.717, 1.165) is 16.8 Å². The van der Waals surface area contributed by atoms with Gasteiger partial charge in [-0.3, -0.25) is 14.2 Å². The van der Waals surface area contributed by atoms with Crippen molar-refractivity contribution >= 4 is 35.2 Å². The van der Waals surface area contributed by atoms with E-state index in [1.54, 1.807) is 16.7 Å². The zero-order valence-electron chi connectivity index (χ0n) is 18.0. The molecule has 1 fully saturated rings. The minimum absolute atomic E-state index is 0.0324. The van der Waals surface area contributed by atoms with E-state index in [2.05, 4.69) is 16.3 Å². The van der Waals surface area contributed by atoms with Gasteiger partial charge in [-0.25, -0.2) is 0 Å². The third-order valence-electron chi connectivity index (χ3n) is 5.40. The highest BCUT2D eigenvalue weighted by Crippen LogP contribution is 2.29. The molecule has 0 unspecified atom stereocenters. The van der Waals surface area contributed by atoms with Gasteiger partial charge in [-0.15, -0.1) is 10.2 Å². The molecule has 166 valence electrons. The molecule has 2 amide bonds. The van der Waals surface area contributed by atoms with Crippen LogP contribution in [0.5, 0.6) is 0 Å². The third kappa shape index (κ3) is 4.97. The molecule has 0 radical (unpaired) electrons.